The van der Waals surface area contributed by atoms with Crippen LogP contribution in [0.3, 0.4) is 0 Å². The molecule has 0 saturated carbocycles. The molecule has 6 heteroatoms. The van der Waals surface area contributed by atoms with Gasteiger partial charge in [-0.15, -0.1) is 0 Å². The van der Waals surface area contributed by atoms with E-state index in [-0.39, 0.29) is 0 Å². The summed E-state index contributed by atoms with van der Waals surface area (Å²) in [5.74, 6) is 2.12. The first-order valence-electron chi connectivity index (χ1n) is 5.76. The molecule has 1 heterocycles. The minimum Gasteiger partial charge on any atom is -0.497 e. The molecule has 0 atom stereocenters. The first-order valence-corrected chi connectivity index (χ1v) is 6.55. The van der Waals surface area contributed by atoms with Gasteiger partial charge in [-0.25, -0.2) is 4.98 Å². The topological polar surface area (TPSA) is 59.1 Å². The second kappa shape index (κ2) is 5.88. The second-order valence-electron chi connectivity index (χ2n) is 3.95. The summed E-state index contributed by atoms with van der Waals surface area (Å²) in [6, 6.07) is 5.83. The summed E-state index contributed by atoms with van der Waals surface area (Å²) in [6.45, 7) is 2.01. The first kappa shape index (κ1) is 13.6. The predicted octanol–water partition coefficient (Wildman–Crippen LogP) is 3.34. The van der Waals surface area contributed by atoms with E-state index in [4.69, 9.17) is 4.74 Å². The number of halogens is 1. The lowest BCUT2D eigenvalue weighted by molar-refractivity contribution is 0.414. The molecule has 0 saturated heterocycles. The predicted molar refractivity (Wildman–Crippen MR) is 80.3 cm³/mol. The van der Waals surface area contributed by atoms with E-state index in [0.29, 0.717) is 11.8 Å². The smallest absolute Gasteiger partial charge is 0.224 e. The highest BCUT2D eigenvalue weighted by Gasteiger charge is 2.07. The molecule has 19 heavy (non-hydrogen) atoms. The van der Waals surface area contributed by atoms with Gasteiger partial charge < -0.3 is 15.4 Å². The van der Waals surface area contributed by atoms with Crippen molar-refractivity contribution in [2.24, 2.45) is 0 Å². The van der Waals surface area contributed by atoms with Crippen molar-refractivity contribution in [3.05, 3.63) is 34.4 Å². The number of nitrogens with zero attached hydrogens (tertiary/aromatic N) is 2. The number of nitrogens with one attached hydrogen (secondary N) is 2. The van der Waals surface area contributed by atoms with Crippen LogP contribution in [0.25, 0.3) is 0 Å². The molecule has 0 spiro atoms. The Morgan fingerprint density at radius 1 is 1.32 bits per heavy atom. The number of ether oxygens (including phenoxy) is 1. The first-order chi connectivity index (χ1) is 9.13. The quantitative estimate of drug-likeness (QED) is 0.904. The van der Waals surface area contributed by atoms with Crippen molar-refractivity contribution in [1.82, 2.24) is 9.97 Å². The number of hydrogen-bond donors (Lipinski definition) is 2. The summed E-state index contributed by atoms with van der Waals surface area (Å²) in [5, 5.41) is 6.18. The number of methoxy groups -OCH3 is 1. The summed E-state index contributed by atoms with van der Waals surface area (Å²) in [4.78, 5) is 8.48. The number of benzene rings is 1. The third-order valence-corrected chi connectivity index (χ3v) is 3.23. The zero-order valence-corrected chi connectivity index (χ0v) is 12.6. The average Bonchev–Trinajstić information content (AvgIpc) is 2.43. The molecule has 2 N–H and O–H groups in total. The van der Waals surface area contributed by atoms with Crippen LogP contribution in [0.1, 0.15) is 5.56 Å². The van der Waals surface area contributed by atoms with Gasteiger partial charge >= 0.3 is 0 Å². The minimum atomic E-state index is 0.567. The number of aryl methyl sites for hydroxylation is 1. The lowest BCUT2D eigenvalue weighted by Gasteiger charge is -2.12. The van der Waals surface area contributed by atoms with E-state index in [1.54, 1.807) is 20.4 Å². The number of anilines is 3. The molecule has 1 aromatic carbocycles. The van der Waals surface area contributed by atoms with Crippen LogP contribution in [0, 0.1) is 6.92 Å². The summed E-state index contributed by atoms with van der Waals surface area (Å²) < 4.78 is 5.99. The standard InChI is InChI=1S/C13H15BrN4O/c1-8-6-9(19-3)4-5-11(8)17-12-10(14)7-16-13(15-2)18-12/h4-7H,1-3H3,(H2,15,16,17,18). The molecule has 0 fully saturated rings. The van der Waals surface area contributed by atoms with Crippen LogP contribution in [0.2, 0.25) is 0 Å². The zero-order chi connectivity index (χ0) is 13.8. The van der Waals surface area contributed by atoms with E-state index < -0.39 is 0 Å². The van der Waals surface area contributed by atoms with Gasteiger partial charge in [0.15, 0.2) is 0 Å². The molecule has 0 bridgehead atoms. The zero-order valence-electron chi connectivity index (χ0n) is 11.0. The lowest BCUT2D eigenvalue weighted by Crippen LogP contribution is -2.02. The van der Waals surface area contributed by atoms with Crippen LogP contribution >= 0.6 is 15.9 Å². The molecule has 0 unspecified atom stereocenters. The lowest BCUT2D eigenvalue weighted by atomic mass is 10.2. The fourth-order valence-electron chi connectivity index (χ4n) is 1.61. The molecular weight excluding hydrogens is 308 g/mol. The highest BCUT2D eigenvalue weighted by molar-refractivity contribution is 9.10. The fraction of sp³-hybridized carbons (Fsp3) is 0.231. The molecule has 0 aliphatic carbocycles. The third kappa shape index (κ3) is 3.14. The van der Waals surface area contributed by atoms with Crippen molar-refractivity contribution >= 4 is 33.4 Å². The Bertz CT molecular complexity index is 589. The average molecular weight is 323 g/mol. The summed E-state index contributed by atoms with van der Waals surface area (Å²) >= 11 is 3.43. The van der Waals surface area contributed by atoms with Crippen LogP contribution in [0.5, 0.6) is 5.75 Å². The molecule has 0 aliphatic heterocycles. The van der Waals surface area contributed by atoms with Crippen molar-refractivity contribution in [2.45, 2.75) is 6.92 Å². The summed E-state index contributed by atoms with van der Waals surface area (Å²) in [7, 11) is 3.44. The van der Waals surface area contributed by atoms with E-state index in [1.165, 1.54) is 0 Å². The van der Waals surface area contributed by atoms with Crippen LogP contribution in [0.15, 0.2) is 28.9 Å². The maximum absolute atomic E-state index is 5.19. The van der Waals surface area contributed by atoms with Gasteiger partial charge in [-0.2, -0.15) is 4.98 Å². The molecular formula is C13H15BrN4O. The SMILES string of the molecule is CNc1ncc(Br)c(Nc2ccc(OC)cc2C)n1. The maximum atomic E-state index is 5.19. The van der Waals surface area contributed by atoms with Gasteiger partial charge in [0.25, 0.3) is 0 Å². The maximum Gasteiger partial charge on any atom is 0.224 e. The van der Waals surface area contributed by atoms with Crippen molar-refractivity contribution in [3.8, 4) is 5.75 Å². The second-order valence-corrected chi connectivity index (χ2v) is 4.80. The molecule has 2 rings (SSSR count). The van der Waals surface area contributed by atoms with E-state index in [1.807, 2.05) is 25.1 Å². The van der Waals surface area contributed by atoms with E-state index >= 15 is 0 Å². The monoisotopic (exact) mass is 322 g/mol. The van der Waals surface area contributed by atoms with Gasteiger partial charge in [-0.3, -0.25) is 0 Å². The van der Waals surface area contributed by atoms with Crippen molar-refractivity contribution in [1.29, 1.82) is 0 Å². The van der Waals surface area contributed by atoms with E-state index in [9.17, 15) is 0 Å². The van der Waals surface area contributed by atoms with Crippen molar-refractivity contribution < 1.29 is 4.74 Å². The molecule has 0 radical (unpaired) electrons. The highest BCUT2D eigenvalue weighted by atomic mass is 79.9. The van der Waals surface area contributed by atoms with Gasteiger partial charge in [0.05, 0.1) is 11.6 Å². The Hall–Kier alpha value is -1.82. The normalized spacial score (nSPS) is 10.1. The van der Waals surface area contributed by atoms with Crippen LogP contribution < -0.4 is 15.4 Å². The van der Waals surface area contributed by atoms with Crippen molar-refractivity contribution in [2.75, 3.05) is 24.8 Å². The van der Waals surface area contributed by atoms with Gasteiger partial charge in [-0.1, -0.05) is 0 Å². The summed E-state index contributed by atoms with van der Waals surface area (Å²) in [6.07, 6.45) is 1.71. The minimum absolute atomic E-state index is 0.567. The van der Waals surface area contributed by atoms with E-state index in [2.05, 4.69) is 36.5 Å². The largest absolute Gasteiger partial charge is 0.497 e. The molecule has 5 nitrogen and oxygen atoms in total. The van der Waals surface area contributed by atoms with Crippen LogP contribution in [-0.2, 0) is 0 Å². The third-order valence-electron chi connectivity index (χ3n) is 2.65. The van der Waals surface area contributed by atoms with Crippen LogP contribution in [0.4, 0.5) is 17.5 Å². The van der Waals surface area contributed by atoms with E-state index in [0.717, 1.165) is 21.5 Å². The van der Waals surface area contributed by atoms with Gasteiger partial charge in [0.1, 0.15) is 11.6 Å². The Labute approximate surface area is 120 Å². The van der Waals surface area contributed by atoms with Gasteiger partial charge in [0.2, 0.25) is 5.95 Å². The van der Waals surface area contributed by atoms with Gasteiger partial charge in [-0.05, 0) is 46.6 Å². The fourth-order valence-corrected chi connectivity index (χ4v) is 1.90. The molecule has 0 amide bonds. The molecule has 1 aromatic heterocycles. The number of rotatable bonds is 4. The Morgan fingerprint density at radius 3 is 2.74 bits per heavy atom. The van der Waals surface area contributed by atoms with Crippen molar-refractivity contribution in [3.63, 3.8) is 0 Å². The highest BCUT2D eigenvalue weighted by Crippen LogP contribution is 2.27. The Kier molecular flexibility index (Phi) is 4.21. The van der Waals surface area contributed by atoms with Crippen LogP contribution in [-0.4, -0.2) is 24.1 Å². The number of aromatic nitrogens is 2. The molecule has 100 valence electrons. The molecule has 2 aromatic rings. The molecule has 0 aliphatic rings. The summed E-state index contributed by atoms with van der Waals surface area (Å²) in [5.41, 5.74) is 2.05. The van der Waals surface area contributed by atoms with Gasteiger partial charge in [0, 0.05) is 18.9 Å². The number of hydrogen-bond acceptors (Lipinski definition) is 5. The Balaban J connectivity index is 2.30. The Morgan fingerprint density at radius 2 is 2.11 bits per heavy atom.